The molecule has 5 nitrogen and oxygen atoms in total. The van der Waals surface area contributed by atoms with Crippen LogP contribution in [0.5, 0.6) is 0 Å². The average Bonchev–Trinajstić information content (AvgIpc) is 2.39. The minimum atomic E-state index is -0.532. The van der Waals surface area contributed by atoms with Crippen molar-refractivity contribution >= 4 is 17.6 Å². The fraction of sp³-hybridized carbons (Fsp3) is 0.429. The van der Waals surface area contributed by atoms with Crippen LogP contribution in [0.2, 0.25) is 0 Å². The van der Waals surface area contributed by atoms with Crippen LogP contribution in [0.15, 0.2) is 18.2 Å². The van der Waals surface area contributed by atoms with E-state index in [4.69, 9.17) is 10.5 Å². The largest absolute Gasteiger partial charge is 0.452 e. The quantitative estimate of drug-likeness (QED) is 0.465. The van der Waals surface area contributed by atoms with Crippen molar-refractivity contribution in [3.05, 3.63) is 29.3 Å². The lowest BCUT2D eigenvalue weighted by atomic mass is 10.1. The van der Waals surface area contributed by atoms with E-state index in [9.17, 15) is 9.59 Å². The first-order valence-electron chi connectivity index (χ1n) is 6.35. The number of nitrogen functional groups attached to an aromatic ring is 1. The predicted molar refractivity (Wildman–Crippen MR) is 73.8 cm³/mol. The van der Waals surface area contributed by atoms with Gasteiger partial charge in [0.25, 0.3) is 5.91 Å². The van der Waals surface area contributed by atoms with Gasteiger partial charge >= 0.3 is 5.97 Å². The predicted octanol–water partition coefficient (Wildman–Crippen LogP) is 1.65. The summed E-state index contributed by atoms with van der Waals surface area (Å²) in [5.41, 5.74) is 7.29. The second-order valence-corrected chi connectivity index (χ2v) is 4.30. The minimum Gasteiger partial charge on any atom is -0.452 e. The van der Waals surface area contributed by atoms with Crippen molar-refractivity contribution in [2.75, 3.05) is 18.9 Å². The fourth-order valence-corrected chi connectivity index (χ4v) is 1.54. The van der Waals surface area contributed by atoms with Crippen LogP contribution in [-0.4, -0.2) is 25.0 Å². The Hall–Kier alpha value is -2.04. The van der Waals surface area contributed by atoms with Crippen molar-refractivity contribution in [2.45, 2.75) is 26.7 Å². The van der Waals surface area contributed by atoms with Crippen molar-refractivity contribution in [3.8, 4) is 0 Å². The number of amides is 1. The number of anilines is 1. The van der Waals surface area contributed by atoms with Crippen molar-refractivity contribution < 1.29 is 14.3 Å². The third-order valence-electron chi connectivity index (χ3n) is 2.78. The summed E-state index contributed by atoms with van der Waals surface area (Å²) in [6.45, 7) is 4.11. The van der Waals surface area contributed by atoms with Gasteiger partial charge in [-0.25, -0.2) is 4.79 Å². The molecule has 0 atom stereocenters. The molecule has 0 saturated carbocycles. The smallest absolute Gasteiger partial charge is 0.338 e. The summed E-state index contributed by atoms with van der Waals surface area (Å²) in [6.07, 6.45) is 1.91. The van der Waals surface area contributed by atoms with Crippen LogP contribution in [0.25, 0.3) is 0 Å². The van der Waals surface area contributed by atoms with Gasteiger partial charge in [-0.1, -0.05) is 19.4 Å². The molecule has 1 rings (SSSR count). The first-order valence-corrected chi connectivity index (χ1v) is 6.35. The molecule has 1 aromatic carbocycles. The summed E-state index contributed by atoms with van der Waals surface area (Å²) in [5, 5.41) is 2.68. The van der Waals surface area contributed by atoms with Gasteiger partial charge in [0, 0.05) is 12.2 Å². The van der Waals surface area contributed by atoms with E-state index in [2.05, 4.69) is 5.32 Å². The molecule has 5 heteroatoms. The zero-order valence-corrected chi connectivity index (χ0v) is 11.4. The molecule has 19 heavy (non-hydrogen) atoms. The molecule has 0 heterocycles. The number of rotatable bonds is 6. The number of carbonyl (C=O) groups is 2. The SMILES string of the molecule is CCCCNC(=O)COC(=O)c1cccc(N)c1C. The molecule has 0 aliphatic rings. The number of carbonyl (C=O) groups excluding carboxylic acids is 2. The molecule has 0 aliphatic carbocycles. The molecule has 1 aromatic rings. The van der Waals surface area contributed by atoms with E-state index in [1.807, 2.05) is 6.92 Å². The maximum atomic E-state index is 11.8. The van der Waals surface area contributed by atoms with Gasteiger partial charge in [0.15, 0.2) is 6.61 Å². The molecule has 0 unspecified atom stereocenters. The number of unbranched alkanes of at least 4 members (excludes halogenated alkanes) is 1. The first kappa shape index (κ1) is 15.0. The van der Waals surface area contributed by atoms with Crippen molar-refractivity contribution in [3.63, 3.8) is 0 Å². The number of esters is 1. The van der Waals surface area contributed by atoms with E-state index >= 15 is 0 Å². The molecule has 0 aromatic heterocycles. The number of hydrogen-bond acceptors (Lipinski definition) is 4. The summed E-state index contributed by atoms with van der Waals surface area (Å²) in [6, 6.07) is 5.02. The lowest BCUT2D eigenvalue weighted by Crippen LogP contribution is -2.29. The zero-order valence-electron chi connectivity index (χ0n) is 11.4. The number of hydrogen-bond donors (Lipinski definition) is 2. The Bertz CT molecular complexity index is 458. The molecule has 0 saturated heterocycles. The minimum absolute atomic E-state index is 0.267. The van der Waals surface area contributed by atoms with Gasteiger partial charge in [0.1, 0.15) is 0 Å². The Kier molecular flexibility index (Phi) is 5.85. The fourth-order valence-electron chi connectivity index (χ4n) is 1.54. The molecule has 0 bridgehead atoms. The van der Waals surface area contributed by atoms with Crippen LogP contribution in [0.4, 0.5) is 5.69 Å². The second kappa shape index (κ2) is 7.41. The summed E-state index contributed by atoms with van der Waals surface area (Å²) in [7, 11) is 0. The van der Waals surface area contributed by atoms with Gasteiger partial charge in [-0.3, -0.25) is 4.79 Å². The van der Waals surface area contributed by atoms with Crippen LogP contribution < -0.4 is 11.1 Å². The van der Waals surface area contributed by atoms with Crippen LogP contribution in [0, 0.1) is 6.92 Å². The number of ether oxygens (including phenoxy) is 1. The summed E-state index contributed by atoms with van der Waals surface area (Å²) >= 11 is 0. The molecule has 1 amide bonds. The summed E-state index contributed by atoms with van der Waals surface area (Å²) < 4.78 is 4.95. The molecular formula is C14H20N2O3. The van der Waals surface area contributed by atoms with Crippen LogP contribution in [0.3, 0.4) is 0 Å². The molecule has 3 N–H and O–H groups in total. The van der Waals surface area contributed by atoms with E-state index in [1.54, 1.807) is 25.1 Å². The van der Waals surface area contributed by atoms with Crippen LogP contribution >= 0.6 is 0 Å². The average molecular weight is 264 g/mol. The molecule has 0 aliphatic heterocycles. The molecule has 104 valence electrons. The Balaban J connectivity index is 2.47. The zero-order chi connectivity index (χ0) is 14.3. The monoisotopic (exact) mass is 264 g/mol. The third-order valence-corrected chi connectivity index (χ3v) is 2.78. The highest BCUT2D eigenvalue weighted by Crippen LogP contribution is 2.16. The van der Waals surface area contributed by atoms with Crippen LogP contribution in [0.1, 0.15) is 35.7 Å². The highest BCUT2D eigenvalue weighted by Gasteiger charge is 2.13. The highest BCUT2D eigenvalue weighted by molar-refractivity contribution is 5.94. The Morgan fingerprint density at radius 1 is 1.37 bits per heavy atom. The molecule has 0 radical (unpaired) electrons. The van der Waals surface area contributed by atoms with E-state index < -0.39 is 5.97 Å². The van der Waals surface area contributed by atoms with E-state index in [0.717, 1.165) is 12.8 Å². The summed E-state index contributed by atoms with van der Waals surface area (Å²) in [5.74, 6) is -0.821. The van der Waals surface area contributed by atoms with E-state index in [0.29, 0.717) is 23.4 Å². The number of nitrogens with one attached hydrogen (secondary N) is 1. The third kappa shape index (κ3) is 4.62. The van der Waals surface area contributed by atoms with Crippen molar-refractivity contribution in [1.29, 1.82) is 0 Å². The van der Waals surface area contributed by atoms with E-state index in [-0.39, 0.29) is 12.5 Å². The Labute approximate surface area is 113 Å². The number of nitrogens with two attached hydrogens (primary N) is 1. The Morgan fingerprint density at radius 2 is 2.11 bits per heavy atom. The van der Waals surface area contributed by atoms with Crippen LogP contribution in [-0.2, 0) is 9.53 Å². The Morgan fingerprint density at radius 3 is 2.79 bits per heavy atom. The normalized spacial score (nSPS) is 10.0. The molecule has 0 spiro atoms. The molecule has 0 fully saturated rings. The lowest BCUT2D eigenvalue weighted by molar-refractivity contribution is -0.124. The standard InChI is InChI=1S/C14H20N2O3/c1-3-4-8-16-13(17)9-19-14(18)11-6-5-7-12(15)10(11)2/h5-7H,3-4,8-9,15H2,1-2H3,(H,16,17). The van der Waals surface area contributed by atoms with Gasteiger partial charge in [-0.05, 0) is 31.0 Å². The maximum Gasteiger partial charge on any atom is 0.338 e. The first-order chi connectivity index (χ1) is 9.06. The maximum absolute atomic E-state index is 11.8. The van der Waals surface area contributed by atoms with E-state index in [1.165, 1.54) is 0 Å². The van der Waals surface area contributed by atoms with Gasteiger partial charge in [0.05, 0.1) is 5.56 Å². The van der Waals surface area contributed by atoms with Gasteiger partial charge in [0.2, 0.25) is 0 Å². The van der Waals surface area contributed by atoms with Gasteiger partial charge in [-0.15, -0.1) is 0 Å². The van der Waals surface area contributed by atoms with Gasteiger partial charge in [-0.2, -0.15) is 0 Å². The number of benzene rings is 1. The lowest BCUT2D eigenvalue weighted by Gasteiger charge is -2.09. The van der Waals surface area contributed by atoms with Gasteiger partial charge < -0.3 is 15.8 Å². The second-order valence-electron chi connectivity index (χ2n) is 4.30. The highest BCUT2D eigenvalue weighted by atomic mass is 16.5. The topological polar surface area (TPSA) is 81.4 Å². The summed E-state index contributed by atoms with van der Waals surface area (Å²) in [4.78, 5) is 23.2. The molecular weight excluding hydrogens is 244 g/mol. The van der Waals surface area contributed by atoms with Crippen molar-refractivity contribution in [1.82, 2.24) is 5.32 Å². The van der Waals surface area contributed by atoms with Crippen molar-refractivity contribution in [2.24, 2.45) is 0 Å².